The van der Waals surface area contributed by atoms with Crippen LogP contribution in [0.5, 0.6) is 5.75 Å². The van der Waals surface area contributed by atoms with E-state index in [1.165, 1.54) is 0 Å². The minimum atomic E-state index is 0.0310. The van der Waals surface area contributed by atoms with Gasteiger partial charge in [-0.2, -0.15) is 0 Å². The maximum absolute atomic E-state index is 11.6. The molecule has 0 saturated carbocycles. The molecule has 2 rings (SSSR count). The van der Waals surface area contributed by atoms with Crippen molar-refractivity contribution in [3.63, 3.8) is 0 Å². The molecule has 1 aliphatic rings. The molecule has 0 spiro atoms. The fraction of sp³-hybridized carbons (Fsp3) is 0.533. The Morgan fingerprint density at radius 2 is 2.10 bits per heavy atom. The minimum Gasteiger partial charge on any atom is -0.497 e. The third kappa shape index (κ3) is 4.26. The molecule has 0 aliphatic carbocycles. The molecule has 0 unspecified atom stereocenters. The first kappa shape index (κ1) is 15.4. The lowest BCUT2D eigenvalue weighted by molar-refractivity contribution is 0.218. The molecule has 1 aromatic carbocycles. The summed E-state index contributed by atoms with van der Waals surface area (Å²) in [7, 11) is 1.66. The molecular formula is C15H24N4O2. The molecule has 1 aromatic rings. The molecular weight excluding hydrogens is 268 g/mol. The van der Waals surface area contributed by atoms with E-state index in [0.717, 1.165) is 50.6 Å². The SMILES string of the molecule is COc1ccc(N(CCCN)CCN2CCNC2=O)cc1. The number of rotatable bonds is 8. The number of hydrogen-bond acceptors (Lipinski definition) is 4. The standard InChI is InChI=1S/C15H24N4O2/c1-21-14-5-3-13(4-6-14)18(9-2-7-16)11-12-19-10-8-17-15(19)20/h3-6H,2,7-12,16H2,1H3,(H,17,20). The first-order valence-corrected chi connectivity index (χ1v) is 7.36. The van der Waals surface area contributed by atoms with Crippen molar-refractivity contribution in [1.82, 2.24) is 10.2 Å². The number of carbonyl (C=O) groups excluding carboxylic acids is 1. The van der Waals surface area contributed by atoms with Crippen molar-refractivity contribution in [2.24, 2.45) is 5.73 Å². The summed E-state index contributed by atoms with van der Waals surface area (Å²) in [5, 5.41) is 2.82. The van der Waals surface area contributed by atoms with Crippen LogP contribution in [0.3, 0.4) is 0 Å². The molecule has 116 valence electrons. The lowest BCUT2D eigenvalue weighted by Gasteiger charge is -2.27. The van der Waals surface area contributed by atoms with Gasteiger partial charge in [0, 0.05) is 38.4 Å². The molecule has 1 saturated heterocycles. The molecule has 21 heavy (non-hydrogen) atoms. The largest absolute Gasteiger partial charge is 0.497 e. The van der Waals surface area contributed by atoms with Gasteiger partial charge in [0.05, 0.1) is 7.11 Å². The first-order valence-electron chi connectivity index (χ1n) is 7.36. The van der Waals surface area contributed by atoms with E-state index in [1.54, 1.807) is 7.11 Å². The van der Waals surface area contributed by atoms with E-state index < -0.39 is 0 Å². The van der Waals surface area contributed by atoms with Crippen LogP contribution in [-0.2, 0) is 0 Å². The molecule has 0 aromatic heterocycles. The highest BCUT2D eigenvalue weighted by molar-refractivity contribution is 5.76. The highest BCUT2D eigenvalue weighted by Gasteiger charge is 2.19. The van der Waals surface area contributed by atoms with Gasteiger partial charge in [0.25, 0.3) is 0 Å². The Bertz CT molecular complexity index is 449. The Morgan fingerprint density at radius 1 is 1.33 bits per heavy atom. The number of hydrogen-bond donors (Lipinski definition) is 2. The number of carbonyl (C=O) groups is 1. The Labute approximate surface area is 125 Å². The highest BCUT2D eigenvalue weighted by Crippen LogP contribution is 2.19. The number of ether oxygens (including phenoxy) is 1. The summed E-state index contributed by atoms with van der Waals surface area (Å²) < 4.78 is 5.19. The summed E-state index contributed by atoms with van der Waals surface area (Å²) in [6.07, 6.45) is 0.929. The van der Waals surface area contributed by atoms with Crippen molar-refractivity contribution in [2.45, 2.75) is 6.42 Å². The van der Waals surface area contributed by atoms with E-state index in [9.17, 15) is 4.79 Å². The van der Waals surface area contributed by atoms with Gasteiger partial charge in [-0.1, -0.05) is 0 Å². The second kappa shape index (κ2) is 7.73. The average Bonchev–Trinajstić information content (AvgIpc) is 2.93. The van der Waals surface area contributed by atoms with E-state index in [4.69, 9.17) is 10.5 Å². The third-order valence-corrected chi connectivity index (χ3v) is 3.65. The van der Waals surface area contributed by atoms with Crippen molar-refractivity contribution < 1.29 is 9.53 Å². The molecule has 0 bridgehead atoms. The summed E-state index contributed by atoms with van der Waals surface area (Å²) >= 11 is 0. The van der Waals surface area contributed by atoms with Crippen molar-refractivity contribution in [3.8, 4) is 5.75 Å². The van der Waals surface area contributed by atoms with Gasteiger partial charge in [0.1, 0.15) is 5.75 Å². The van der Waals surface area contributed by atoms with E-state index in [2.05, 4.69) is 10.2 Å². The van der Waals surface area contributed by atoms with E-state index in [1.807, 2.05) is 29.2 Å². The number of amides is 2. The molecule has 0 atom stereocenters. The van der Waals surface area contributed by atoms with E-state index >= 15 is 0 Å². The number of urea groups is 1. The molecule has 1 fully saturated rings. The zero-order valence-electron chi connectivity index (χ0n) is 12.5. The number of methoxy groups -OCH3 is 1. The normalized spacial score (nSPS) is 14.2. The topological polar surface area (TPSA) is 70.8 Å². The number of nitrogens with one attached hydrogen (secondary N) is 1. The predicted octanol–water partition coefficient (Wildman–Crippen LogP) is 0.876. The van der Waals surface area contributed by atoms with Crippen LogP contribution in [0, 0.1) is 0 Å². The van der Waals surface area contributed by atoms with Gasteiger partial charge < -0.3 is 25.6 Å². The molecule has 0 radical (unpaired) electrons. The summed E-state index contributed by atoms with van der Waals surface area (Å²) in [5.41, 5.74) is 6.75. The Balaban J connectivity index is 1.97. The maximum atomic E-state index is 11.6. The van der Waals surface area contributed by atoms with Crippen molar-refractivity contribution in [1.29, 1.82) is 0 Å². The van der Waals surface area contributed by atoms with Gasteiger partial charge in [-0.3, -0.25) is 0 Å². The molecule has 3 N–H and O–H groups in total. The zero-order valence-corrected chi connectivity index (χ0v) is 12.5. The van der Waals surface area contributed by atoms with Crippen LogP contribution in [0.2, 0.25) is 0 Å². The van der Waals surface area contributed by atoms with Crippen molar-refractivity contribution >= 4 is 11.7 Å². The number of nitrogens with zero attached hydrogens (tertiary/aromatic N) is 2. The fourth-order valence-corrected chi connectivity index (χ4v) is 2.41. The highest BCUT2D eigenvalue weighted by atomic mass is 16.5. The summed E-state index contributed by atoms with van der Waals surface area (Å²) in [5.74, 6) is 0.844. The Hall–Kier alpha value is -1.95. The molecule has 6 nitrogen and oxygen atoms in total. The molecule has 1 heterocycles. The monoisotopic (exact) mass is 292 g/mol. The minimum absolute atomic E-state index is 0.0310. The number of nitrogens with two attached hydrogens (primary N) is 1. The maximum Gasteiger partial charge on any atom is 0.317 e. The van der Waals surface area contributed by atoms with Gasteiger partial charge >= 0.3 is 6.03 Å². The summed E-state index contributed by atoms with van der Waals surface area (Å²) in [6.45, 7) is 4.60. The van der Waals surface area contributed by atoms with Crippen LogP contribution in [-0.4, -0.2) is 57.3 Å². The zero-order chi connectivity index (χ0) is 15.1. The van der Waals surface area contributed by atoms with Crippen molar-refractivity contribution in [2.75, 3.05) is 51.3 Å². The van der Waals surface area contributed by atoms with Crippen LogP contribution in [0.15, 0.2) is 24.3 Å². The first-order chi connectivity index (χ1) is 10.2. The van der Waals surface area contributed by atoms with Gasteiger partial charge in [-0.15, -0.1) is 0 Å². The predicted molar refractivity (Wildman–Crippen MR) is 83.9 cm³/mol. The lowest BCUT2D eigenvalue weighted by Crippen LogP contribution is -2.37. The van der Waals surface area contributed by atoms with Gasteiger partial charge in [0.2, 0.25) is 0 Å². The number of anilines is 1. The molecule has 6 heteroatoms. The van der Waals surface area contributed by atoms with Gasteiger partial charge in [-0.05, 0) is 37.2 Å². The fourth-order valence-electron chi connectivity index (χ4n) is 2.41. The average molecular weight is 292 g/mol. The van der Waals surface area contributed by atoms with Crippen LogP contribution < -0.4 is 20.7 Å². The summed E-state index contributed by atoms with van der Waals surface area (Å²) in [4.78, 5) is 15.7. The van der Waals surface area contributed by atoms with Crippen molar-refractivity contribution in [3.05, 3.63) is 24.3 Å². The number of benzene rings is 1. The third-order valence-electron chi connectivity index (χ3n) is 3.65. The smallest absolute Gasteiger partial charge is 0.317 e. The second-order valence-electron chi connectivity index (χ2n) is 5.05. The van der Waals surface area contributed by atoms with Gasteiger partial charge in [0.15, 0.2) is 0 Å². The van der Waals surface area contributed by atoms with Crippen LogP contribution in [0.4, 0.5) is 10.5 Å². The van der Waals surface area contributed by atoms with E-state index in [-0.39, 0.29) is 6.03 Å². The van der Waals surface area contributed by atoms with Crippen LogP contribution in [0.1, 0.15) is 6.42 Å². The molecule has 1 aliphatic heterocycles. The quantitative estimate of drug-likeness (QED) is 0.746. The molecule has 2 amide bonds. The van der Waals surface area contributed by atoms with Crippen LogP contribution >= 0.6 is 0 Å². The van der Waals surface area contributed by atoms with E-state index in [0.29, 0.717) is 6.54 Å². The summed E-state index contributed by atoms with van der Waals surface area (Å²) in [6, 6.07) is 8.02. The lowest BCUT2D eigenvalue weighted by atomic mass is 10.2. The second-order valence-corrected chi connectivity index (χ2v) is 5.05. The van der Waals surface area contributed by atoms with Crippen LogP contribution in [0.25, 0.3) is 0 Å². The van der Waals surface area contributed by atoms with Gasteiger partial charge in [-0.25, -0.2) is 4.79 Å². The Morgan fingerprint density at radius 3 is 2.67 bits per heavy atom. The Kier molecular flexibility index (Phi) is 5.68.